The van der Waals surface area contributed by atoms with Crippen LogP contribution in [0.25, 0.3) is 0 Å². The van der Waals surface area contributed by atoms with E-state index in [1.165, 1.54) is 6.07 Å². The summed E-state index contributed by atoms with van der Waals surface area (Å²) in [6, 6.07) is 8.11. The number of aryl methyl sites for hydroxylation is 2. The van der Waals surface area contributed by atoms with Gasteiger partial charge in [-0.2, -0.15) is 5.10 Å². The Labute approximate surface area is 106 Å². The van der Waals surface area contributed by atoms with Crippen LogP contribution < -0.4 is 0 Å². The molecule has 18 heavy (non-hydrogen) atoms. The Bertz CT molecular complexity index is 536. The van der Waals surface area contributed by atoms with Gasteiger partial charge in [0.05, 0.1) is 11.4 Å². The first-order valence-electron chi connectivity index (χ1n) is 6.16. The predicted molar refractivity (Wildman–Crippen MR) is 67.7 cm³/mol. The fourth-order valence-corrected chi connectivity index (χ4v) is 1.99. The first-order valence-corrected chi connectivity index (χ1v) is 6.16. The molecule has 1 N–H and O–H groups in total. The van der Waals surface area contributed by atoms with Gasteiger partial charge < -0.3 is 5.11 Å². The summed E-state index contributed by atoms with van der Waals surface area (Å²) in [5.41, 5.74) is 1.83. The van der Waals surface area contributed by atoms with Crippen LogP contribution in [0.4, 0.5) is 4.39 Å². The van der Waals surface area contributed by atoms with Crippen LogP contribution in [0.15, 0.2) is 30.3 Å². The van der Waals surface area contributed by atoms with E-state index in [1.54, 1.807) is 22.9 Å². The van der Waals surface area contributed by atoms with Crippen molar-refractivity contribution in [3.8, 4) is 0 Å². The molecule has 1 unspecified atom stereocenters. The van der Waals surface area contributed by atoms with E-state index in [1.807, 2.05) is 19.9 Å². The highest BCUT2D eigenvalue weighted by Gasteiger charge is 2.19. The van der Waals surface area contributed by atoms with Crippen LogP contribution in [0.2, 0.25) is 0 Å². The van der Waals surface area contributed by atoms with Crippen molar-refractivity contribution < 1.29 is 9.50 Å². The van der Waals surface area contributed by atoms with Crippen molar-refractivity contribution in [3.05, 3.63) is 53.1 Å². The number of halogens is 1. The van der Waals surface area contributed by atoms with Gasteiger partial charge in [-0.1, -0.05) is 25.1 Å². The fraction of sp³-hybridized carbons (Fsp3) is 0.357. The maximum absolute atomic E-state index is 13.7. The third-order valence-corrected chi connectivity index (χ3v) is 3.00. The van der Waals surface area contributed by atoms with Crippen LogP contribution in [0.3, 0.4) is 0 Å². The Kier molecular flexibility index (Phi) is 3.77. The van der Waals surface area contributed by atoms with E-state index < -0.39 is 11.9 Å². The summed E-state index contributed by atoms with van der Waals surface area (Å²) < 4.78 is 15.4. The number of aromatic nitrogens is 2. The minimum Gasteiger partial charge on any atom is -0.382 e. The number of nitrogens with zero attached hydrogens (tertiary/aromatic N) is 2. The topological polar surface area (TPSA) is 38.0 Å². The number of aliphatic hydroxyl groups is 1. The SMILES string of the molecule is CCc1cc(C(O)c2ccccc2F)n(CC)n1. The van der Waals surface area contributed by atoms with Crippen molar-refractivity contribution in [2.24, 2.45) is 0 Å². The highest BCUT2D eigenvalue weighted by atomic mass is 19.1. The first kappa shape index (κ1) is 12.8. The maximum Gasteiger partial charge on any atom is 0.129 e. The van der Waals surface area contributed by atoms with E-state index in [0.29, 0.717) is 12.2 Å². The Morgan fingerprint density at radius 3 is 2.67 bits per heavy atom. The van der Waals surface area contributed by atoms with Gasteiger partial charge in [-0.15, -0.1) is 0 Å². The van der Waals surface area contributed by atoms with Gasteiger partial charge >= 0.3 is 0 Å². The summed E-state index contributed by atoms with van der Waals surface area (Å²) in [6.45, 7) is 4.60. The quantitative estimate of drug-likeness (QED) is 0.903. The third kappa shape index (κ3) is 2.29. The first-order chi connectivity index (χ1) is 8.67. The summed E-state index contributed by atoms with van der Waals surface area (Å²) in [5.74, 6) is -0.396. The number of aliphatic hydroxyl groups excluding tert-OH is 1. The molecule has 0 spiro atoms. The molecule has 0 aliphatic heterocycles. The van der Waals surface area contributed by atoms with Crippen molar-refractivity contribution >= 4 is 0 Å². The molecule has 0 saturated carbocycles. The Hall–Kier alpha value is -1.68. The standard InChI is InChI=1S/C14H17FN2O/c1-3-10-9-13(17(4-2)16-10)14(18)11-7-5-6-8-12(11)15/h5-9,14,18H,3-4H2,1-2H3. The molecule has 2 aromatic rings. The molecular weight excluding hydrogens is 231 g/mol. The van der Waals surface area contributed by atoms with Gasteiger partial charge in [0, 0.05) is 12.1 Å². The van der Waals surface area contributed by atoms with E-state index in [9.17, 15) is 9.50 Å². The average Bonchev–Trinajstić information content (AvgIpc) is 2.82. The van der Waals surface area contributed by atoms with Crippen LogP contribution in [0.1, 0.15) is 36.9 Å². The molecule has 0 radical (unpaired) electrons. The Balaban J connectivity index is 2.42. The second-order valence-corrected chi connectivity index (χ2v) is 4.15. The van der Waals surface area contributed by atoms with Crippen molar-refractivity contribution in [2.45, 2.75) is 32.9 Å². The molecule has 1 heterocycles. The molecular formula is C14H17FN2O. The summed E-state index contributed by atoms with van der Waals surface area (Å²) in [7, 11) is 0. The van der Waals surface area contributed by atoms with Crippen molar-refractivity contribution in [3.63, 3.8) is 0 Å². The molecule has 4 heteroatoms. The molecule has 1 aromatic heterocycles. The van der Waals surface area contributed by atoms with Crippen LogP contribution >= 0.6 is 0 Å². The van der Waals surface area contributed by atoms with Gasteiger partial charge in [-0.3, -0.25) is 4.68 Å². The van der Waals surface area contributed by atoms with Gasteiger partial charge in [0.2, 0.25) is 0 Å². The van der Waals surface area contributed by atoms with Crippen LogP contribution in [-0.4, -0.2) is 14.9 Å². The lowest BCUT2D eigenvalue weighted by molar-refractivity contribution is 0.203. The van der Waals surface area contributed by atoms with E-state index in [4.69, 9.17) is 0 Å². The molecule has 1 atom stereocenters. The Morgan fingerprint density at radius 1 is 1.33 bits per heavy atom. The van der Waals surface area contributed by atoms with E-state index in [0.717, 1.165) is 12.1 Å². The van der Waals surface area contributed by atoms with Gasteiger partial charge in [0.25, 0.3) is 0 Å². The molecule has 1 aromatic carbocycles. The summed E-state index contributed by atoms with van der Waals surface area (Å²) >= 11 is 0. The van der Waals surface area contributed by atoms with Crippen LogP contribution in [0.5, 0.6) is 0 Å². The van der Waals surface area contributed by atoms with Crippen LogP contribution in [0, 0.1) is 5.82 Å². The summed E-state index contributed by atoms with van der Waals surface area (Å²) in [5, 5.41) is 14.7. The molecule has 0 amide bonds. The van der Waals surface area contributed by atoms with Crippen molar-refractivity contribution in [1.29, 1.82) is 0 Å². The van der Waals surface area contributed by atoms with E-state index >= 15 is 0 Å². The summed E-state index contributed by atoms with van der Waals surface area (Å²) in [6.07, 6.45) is -0.178. The lowest BCUT2D eigenvalue weighted by Gasteiger charge is -2.13. The third-order valence-electron chi connectivity index (χ3n) is 3.00. The monoisotopic (exact) mass is 248 g/mol. The highest BCUT2D eigenvalue weighted by molar-refractivity contribution is 5.28. The van der Waals surface area contributed by atoms with Crippen LogP contribution in [-0.2, 0) is 13.0 Å². The zero-order valence-corrected chi connectivity index (χ0v) is 10.6. The smallest absolute Gasteiger partial charge is 0.129 e. The summed E-state index contributed by atoms with van der Waals surface area (Å²) in [4.78, 5) is 0. The zero-order chi connectivity index (χ0) is 13.1. The number of rotatable bonds is 4. The minimum absolute atomic E-state index is 0.287. The number of hydrogen-bond donors (Lipinski definition) is 1. The lowest BCUT2D eigenvalue weighted by Crippen LogP contribution is -2.10. The molecule has 0 aliphatic rings. The second-order valence-electron chi connectivity index (χ2n) is 4.15. The van der Waals surface area contributed by atoms with Gasteiger partial charge in [0.1, 0.15) is 11.9 Å². The predicted octanol–water partition coefficient (Wildman–Crippen LogP) is 2.69. The van der Waals surface area contributed by atoms with Gasteiger partial charge in [-0.25, -0.2) is 4.39 Å². The van der Waals surface area contributed by atoms with Gasteiger partial charge in [-0.05, 0) is 25.5 Å². The minimum atomic E-state index is -0.973. The van der Waals surface area contributed by atoms with Crippen molar-refractivity contribution in [2.75, 3.05) is 0 Å². The van der Waals surface area contributed by atoms with E-state index in [2.05, 4.69) is 5.10 Å². The zero-order valence-electron chi connectivity index (χ0n) is 10.6. The van der Waals surface area contributed by atoms with Gasteiger partial charge in [0.15, 0.2) is 0 Å². The molecule has 0 aliphatic carbocycles. The highest BCUT2D eigenvalue weighted by Crippen LogP contribution is 2.25. The molecule has 0 bridgehead atoms. The molecule has 0 saturated heterocycles. The number of hydrogen-bond acceptors (Lipinski definition) is 2. The second kappa shape index (κ2) is 5.31. The van der Waals surface area contributed by atoms with E-state index in [-0.39, 0.29) is 5.56 Å². The fourth-order valence-electron chi connectivity index (χ4n) is 1.99. The molecule has 0 fully saturated rings. The molecule has 3 nitrogen and oxygen atoms in total. The number of benzene rings is 1. The lowest BCUT2D eigenvalue weighted by atomic mass is 10.1. The molecule has 96 valence electrons. The largest absolute Gasteiger partial charge is 0.382 e. The normalized spacial score (nSPS) is 12.7. The molecule has 2 rings (SSSR count). The maximum atomic E-state index is 13.7. The Morgan fingerprint density at radius 2 is 2.06 bits per heavy atom. The van der Waals surface area contributed by atoms with Crippen molar-refractivity contribution in [1.82, 2.24) is 9.78 Å². The average molecular weight is 248 g/mol.